The predicted octanol–water partition coefficient (Wildman–Crippen LogP) is 1.93. The minimum atomic E-state index is -4.36. The minimum Gasteiger partial charge on any atom is -0.393 e. The van der Waals surface area contributed by atoms with E-state index in [9.17, 15) is 18.3 Å². The summed E-state index contributed by atoms with van der Waals surface area (Å²) in [5.41, 5.74) is 5.80. The number of aryl methyl sites for hydroxylation is 1. The molecule has 0 saturated carbocycles. The highest BCUT2D eigenvalue weighted by Crippen LogP contribution is 2.29. The van der Waals surface area contributed by atoms with Gasteiger partial charge in [-0.25, -0.2) is 4.68 Å². The zero-order valence-corrected chi connectivity index (χ0v) is 11.8. The van der Waals surface area contributed by atoms with Gasteiger partial charge in [-0.3, -0.25) is 0 Å². The smallest absolute Gasteiger partial charge is 0.393 e. The Morgan fingerprint density at radius 3 is 2.45 bits per heavy atom. The summed E-state index contributed by atoms with van der Waals surface area (Å²) < 4.78 is 38.9. The Hall–Kier alpha value is -1.93. The number of halogens is 3. The lowest BCUT2D eigenvalue weighted by atomic mass is 10.1. The van der Waals surface area contributed by atoms with E-state index in [4.69, 9.17) is 5.73 Å². The lowest BCUT2D eigenvalue weighted by Crippen LogP contribution is -2.14. The van der Waals surface area contributed by atoms with E-state index >= 15 is 0 Å². The molecule has 3 N–H and O–H groups in total. The van der Waals surface area contributed by atoms with Crippen molar-refractivity contribution in [2.45, 2.75) is 31.5 Å². The van der Waals surface area contributed by atoms with Crippen molar-refractivity contribution in [3.05, 3.63) is 41.7 Å². The number of aromatic nitrogens is 3. The van der Waals surface area contributed by atoms with Crippen LogP contribution in [0.4, 0.5) is 13.2 Å². The summed E-state index contributed by atoms with van der Waals surface area (Å²) in [5, 5.41) is 17.4. The SMILES string of the molecule is NCCC(O)CCc1cn(-c2ccc(C(F)(F)F)cc2)nn1. The summed E-state index contributed by atoms with van der Waals surface area (Å²) >= 11 is 0. The Bertz CT molecular complexity index is 595. The number of nitrogens with two attached hydrogens (primary N) is 1. The van der Waals surface area contributed by atoms with Crippen LogP contribution in [0.2, 0.25) is 0 Å². The molecule has 0 fully saturated rings. The molecular formula is C14H17F3N4O. The molecule has 0 spiro atoms. The van der Waals surface area contributed by atoms with Crippen LogP contribution < -0.4 is 5.73 Å². The van der Waals surface area contributed by atoms with Crippen molar-refractivity contribution in [1.82, 2.24) is 15.0 Å². The maximum Gasteiger partial charge on any atom is 0.416 e. The lowest BCUT2D eigenvalue weighted by Gasteiger charge is -2.07. The third kappa shape index (κ3) is 4.28. The first-order valence-electron chi connectivity index (χ1n) is 6.87. The van der Waals surface area contributed by atoms with E-state index in [0.29, 0.717) is 37.2 Å². The number of aliphatic hydroxyl groups is 1. The fourth-order valence-corrected chi connectivity index (χ4v) is 1.99. The van der Waals surface area contributed by atoms with Crippen molar-refractivity contribution in [1.29, 1.82) is 0 Å². The lowest BCUT2D eigenvalue weighted by molar-refractivity contribution is -0.137. The largest absolute Gasteiger partial charge is 0.416 e. The summed E-state index contributed by atoms with van der Waals surface area (Å²) in [6.07, 6.45) is -1.64. The molecule has 1 heterocycles. The van der Waals surface area contributed by atoms with Crippen LogP contribution in [0.5, 0.6) is 0 Å². The number of aliphatic hydroxyl groups excluding tert-OH is 1. The Morgan fingerprint density at radius 1 is 1.18 bits per heavy atom. The molecule has 22 heavy (non-hydrogen) atoms. The summed E-state index contributed by atoms with van der Waals surface area (Å²) in [6.45, 7) is 0.416. The van der Waals surface area contributed by atoms with Gasteiger partial charge in [0, 0.05) is 0 Å². The number of hydrogen-bond acceptors (Lipinski definition) is 4. The highest BCUT2D eigenvalue weighted by atomic mass is 19.4. The third-order valence-electron chi connectivity index (χ3n) is 3.23. The van der Waals surface area contributed by atoms with E-state index in [1.165, 1.54) is 16.8 Å². The molecule has 0 aliphatic rings. The van der Waals surface area contributed by atoms with Gasteiger partial charge in [0.1, 0.15) is 0 Å². The highest BCUT2D eigenvalue weighted by Gasteiger charge is 2.30. The van der Waals surface area contributed by atoms with E-state index < -0.39 is 17.8 Å². The third-order valence-corrected chi connectivity index (χ3v) is 3.23. The standard InChI is InChI=1S/C14H17F3N4O/c15-14(16,17)10-1-4-12(5-2-10)21-9-11(19-20-21)3-6-13(22)7-8-18/h1-2,4-5,9,13,22H,3,6-8,18H2. The maximum atomic E-state index is 12.5. The van der Waals surface area contributed by atoms with Crippen LogP contribution in [0.1, 0.15) is 24.1 Å². The van der Waals surface area contributed by atoms with Crippen LogP contribution in [0, 0.1) is 0 Å². The Morgan fingerprint density at radius 2 is 1.86 bits per heavy atom. The fourth-order valence-electron chi connectivity index (χ4n) is 1.99. The molecule has 5 nitrogen and oxygen atoms in total. The molecule has 1 aromatic carbocycles. The molecule has 1 atom stereocenters. The van der Waals surface area contributed by atoms with Crippen LogP contribution in [0.15, 0.2) is 30.5 Å². The molecule has 0 aliphatic carbocycles. The maximum absolute atomic E-state index is 12.5. The van der Waals surface area contributed by atoms with Gasteiger partial charge in [-0.2, -0.15) is 13.2 Å². The Balaban J connectivity index is 2.02. The van der Waals surface area contributed by atoms with Gasteiger partial charge < -0.3 is 10.8 Å². The Kier molecular flexibility index (Phi) is 5.15. The van der Waals surface area contributed by atoms with E-state index in [2.05, 4.69) is 10.3 Å². The highest BCUT2D eigenvalue weighted by molar-refractivity contribution is 5.34. The van der Waals surface area contributed by atoms with Gasteiger partial charge in [0.05, 0.1) is 29.2 Å². The van der Waals surface area contributed by atoms with Gasteiger partial charge in [-0.15, -0.1) is 5.10 Å². The number of nitrogens with zero attached hydrogens (tertiary/aromatic N) is 3. The molecule has 1 aromatic heterocycles. The molecular weight excluding hydrogens is 297 g/mol. The molecule has 0 radical (unpaired) electrons. The van der Waals surface area contributed by atoms with Crippen molar-refractivity contribution in [3.8, 4) is 5.69 Å². The monoisotopic (exact) mass is 314 g/mol. The zero-order chi connectivity index (χ0) is 16.2. The normalized spacial score (nSPS) is 13.3. The van der Waals surface area contributed by atoms with Gasteiger partial charge in [0.25, 0.3) is 0 Å². The zero-order valence-electron chi connectivity index (χ0n) is 11.8. The first-order valence-corrected chi connectivity index (χ1v) is 6.87. The molecule has 0 bridgehead atoms. The number of hydrogen-bond donors (Lipinski definition) is 2. The van der Waals surface area contributed by atoms with E-state index in [-0.39, 0.29) is 0 Å². The summed E-state index contributed by atoms with van der Waals surface area (Å²) in [7, 11) is 0. The number of alkyl halides is 3. The van der Waals surface area contributed by atoms with Crippen molar-refractivity contribution in [2.75, 3.05) is 6.54 Å². The van der Waals surface area contributed by atoms with Gasteiger partial charge in [-0.05, 0) is 50.1 Å². The average Bonchev–Trinajstić information content (AvgIpc) is 2.93. The predicted molar refractivity (Wildman–Crippen MR) is 74.4 cm³/mol. The van der Waals surface area contributed by atoms with E-state index in [1.54, 1.807) is 6.20 Å². The fraction of sp³-hybridized carbons (Fsp3) is 0.429. The second-order valence-electron chi connectivity index (χ2n) is 4.97. The van der Waals surface area contributed by atoms with Crippen molar-refractivity contribution < 1.29 is 18.3 Å². The second-order valence-corrected chi connectivity index (χ2v) is 4.97. The van der Waals surface area contributed by atoms with Gasteiger partial charge in [-0.1, -0.05) is 5.21 Å². The van der Waals surface area contributed by atoms with Crippen LogP contribution in [0.3, 0.4) is 0 Å². The van der Waals surface area contributed by atoms with Crippen molar-refractivity contribution >= 4 is 0 Å². The van der Waals surface area contributed by atoms with Crippen molar-refractivity contribution in [2.24, 2.45) is 5.73 Å². The summed E-state index contributed by atoms with van der Waals surface area (Å²) in [4.78, 5) is 0. The molecule has 0 amide bonds. The molecule has 1 unspecified atom stereocenters. The van der Waals surface area contributed by atoms with Gasteiger partial charge >= 0.3 is 6.18 Å². The molecule has 0 aliphatic heterocycles. The summed E-state index contributed by atoms with van der Waals surface area (Å²) in [6, 6.07) is 4.68. The molecule has 120 valence electrons. The molecule has 0 saturated heterocycles. The van der Waals surface area contributed by atoms with Gasteiger partial charge in [0.2, 0.25) is 0 Å². The summed E-state index contributed by atoms with van der Waals surface area (Å²) in [5.74, 6) is 0. The minimum absolute atomic E-state index is 0.416. The van der Waals surface area contributed by atoms with Crippen LogP contribution >= 0.6 is 0 Å². The van der Waals surface area contributed by atoms with Crippen LogP contribution in [-0.2, 0) is 12.6 Å². The molecule has 2 rings (SSSR count). The first kappa shape index (κ1) is 16.4. The van der Waals surface area contributed by atoms with E-state index in [1.807, 2.05) is 0 Å². The molecule has 2 aromatic rings. The average molecular weight is 314 g/mol. The number of benzene rings is 1. The van der Waals surface area contributed by atoms with Gasteiger partial charge in [0.15, 0.2) is 0 Å². The van der Waals surface area contributed by atoms with Crippen LogP contribution in [0.25, 0.3) is 5.69 Å². The number of rotatable bonds is 6. The second kappa shape index (κ2) is 6.89. The van der Waals surface area contributed by atoms with Crippen LogP contribution in [-0.4, -0.2) is 32.7 Å². The van der Waals surface area contributed by atoms with Crippen molar-refractivity contribution in [3.63, 3.8) is 0 Å². The first-order chi connectivity index (χ1) is 10.4. The van der Waals surface area contributed by atoms with E-state index in [0.717, 1.165) is 12.1 Å². The Labute approximate surface area is 125 Å². The quantitative estimate of drug-likeness (QED) is 0.854. The topological polar surface area (TPSA) is 77.0 Å². The molecule has 8 heteroatoms.